The highest BCUT2D eigenvalue weighted by Gasteiger charge is 2.50. The molecule has 0 aliphatic carbocycles. The van der Waals surface area contributed by atoms with Crippen molar-refractivity contribution in [2.24, 2.45) is 0 Å². The zero-order valence-electron chi connectivity index (χ0n) is 16.3. The number of hydrogen-bond donors (Lipinski definition) is 1. The van der Waals surface area contributed by atoms with E-state index in [0.717, 1.165) is 19.6 Å². The maximum absolute atomic E-state index is 13.1. The van der Waals surface area contributed by atoms with E-state index < -0.39 is 11.6 Å². The number of halogens is 1. The number of piperidine rings is 1. The van der Waals surface area contributed by atoms with Gasteiger partial charge in [0.1, 0.15) is 11.4 Å². The summed E-state index contributed by atoms with van der Waals surface area (Å²) in [5.74, 6) is -1.18. The van der Waals surface area contributed by atoms with Crippen molar-refractivity contribution < 1.29 is 18.7 Å². The molecule has 0 saturated carbocycles. The lowest BCUT2D eigenvalue weighted by Gasteiger charge is -2.39. The first-order valence-electron chi connectivity index (χ1n) is 9.75. The summed E-state index contributed by atoms with van der Waals surface area (Å²) in [6.07, 6.45) is 1.13. The lowest BCUT2D eigenvalue weighted by molar-refractivity contribution is -0.150. The van der Waals surface area contributed by atoms with Crippen LogP contribution in [-0.4, -0.2) is 35.5 Å². The molecule has 1 N–H and O–H groups in total. The fraction of sp³-hybridized carbons (Fsp3) is 0.304. The Labute approximate surface area is 169 Å². The average Bonchev–Trinajstić information content (AvgIpc) is 2.96. The van der Waals surface area contributed by atoms with Gasteiger partial charge in [-0.2, -0.15) is 0 Å². The first kappa shape index (κ1) is 19.3. The van der Waals surface area contributed by atoms with Gasteiger partial charge in [-0.25, -0.2) is 9.18 Å². The summed E-state index contributed by atoms with van der Waals surface area (Å²) in [6.45, 7) is 3.91. The molecule has 1 saturated heterocycles. The van der Waals surface area contributed by atoms with Crippen LogP contribution in [0.5, 0.6) is 0 Å². The Hall–Kier alpha value is -2.99. The molecule has 2 aromatic rings. The van der Waals surface area contributed by atoms with Crippen molar-refractivity contribution >= 4 is 17.6 Å². The number of nitrogens with one attached hydrogen (secondary N) is 1. The van der Waals surface area contributed by atoms with Crippen molar-refractivity contribution in [1.82, 2.24) is 4.90 Å². The molecule has 2 aliphatic heterocycles. The molecule has 5 nitrogen and oxygen atoms in total. The normalized spacial score (nSPS) is 18.8. The number of benzene rings is 2. The summed E-state index contributed by atoms with van der Waals surface area (Å²) in [5, 5.41) is 2.78. The largest absolute Gasteiger partial charge is 0.450 e. The van der Waals surface area contributed by atoms with Crippen molar-refractivity contribution in [3.63, 3.8) is 0 Å². The summed E-state index contributed by atoms with van der Waals surface area (Å²) in [4.78, 5) is 27.6. The quantitative estimate of drug-likeness (QED) is 0.804. The lowest BCUT2D eigenvalue weighted by Crippen LogP contribution is -2.47. The third-order valence-electron chi connectivity index (χ3n) is 5.67. The van der Waals surface area contributed by atoms with E-state index in [0.29, 0.717) is 29.7 Å². The molecule has 0 radical (unpaired) electrons. The molecule has 1 amide bonds. The van der Waals surface area contributed by atoms with Gasteiger partial charge in [-0.3, -0.25) is 9.69 Å². The molecule has 0 aromatic heterocycles. The van der Waals surface area contributed by atoms with E-state index in [4.69, 9.17) is 4.74 Å². The third-order valence-corrected chi connectivity index (χ3v) is 5.67. The van der Waals surface area contributed by atoms with E-state index in [1.807, 2.05) is 18.2 Å². The summed E-state index contributed by atoms with van der Waals surface area (Å²) in [5.41, 5.74) is 1.56. The predicted octanol–water partition coefficient (Wildman–Crippen LogP) is 3.67. The Morgan fingerprint density at radius 3 is 2.41 bits per heavy atom. The number of likely N-dealkylation sites (tertiary alicyclic amines) is 1. The van der Waals surface area contributed by atoms with E-state index in [9.17, 15) is 14.0 Å². The topological polar surface area (TPSA) is 58.6 Å². The van der Waals surface area contributed by atoms with Crippen LogP contribution in [0, 0.1) is 5.82 Å². The van der Waals surface area contributed by atoms with Crippen LogP contribution in [0.3, 0.4) is 0 Å². The molecule has 2 aromatic carbocycles. The second kappa shape index (κ2) is 7.79. The van der Waals surface area contributed by atoms with Gasteiger partial charge in [-0.1, -0.05) is 30.3 Å². The summed E-state index contributed by atoms with van der Waals surface area (Å²) in [6, 6.07) is 15.8. The summed E-state index contributed by atoms with van der Waals surface area (Å²) >= 11 is 0. The Kier molecular flexibility index (Phi) is 5.20. The van der Waals surface area contributed by atoms with Crippen molar-refractivity contribution in [1.29, 1.82) is 0 Å². The second-order valence-electron chi connectivity index (χ2n) is 7.61. The molecular formula is C23H23FN2O3. The van der Waals surface area contributed by atoms with E-state index >= 15 is 0 Å². The van der Waals surface area contributed by atoms with Crippen LogP contribution in [0.4, 0.5) is 10.1 Å². The highest BCUT2D eigenvalue weighted by molar-refractivity contribution is 6.12. The van der Waals surface area contributed by atoms with Gasteiger partial charge in [-0.05, 0) is 36.8 Å². The minimum atomic E-state index is -0.890. The lowest BCUT2D eigenvalue weighted by atomic mass is 9.82. The standard InChI is InChI=1S/C23H23FN2O3/c1-16-20(21(27)25-19-9-7-18(24)8-10-19)23(29-22(16)28)11-13-26(14-12-23)15-17-5-3-2-4-6-17/h2-10H,11-15H2,1H3,(H,25,27). The number of esters is 1. The van der Waals surface area contributed by atoms with Gasteiger partial charge in [0.2, 0.25) is 0 Å². The van der Waals surface area contributed by atoms with Gasteiger partial charge in [0.15, 0.2) is 0 Å². The molecule has 1 spiro atoms. The molecule has 29 heavy (non-hydrogen) atoms. The van der Waals surface area contributed by atoms with Crippen molar-refractivity contribution in [3.8, 4) is 0 Å². The van der Waals surface area contributed by atoms with Crippen molar-refractivity contribution in [2.75, 3.05) is 18.4 Å². The summed E-state index contributed by atoms with van der Waals surface area (Å²) in [7, 11) is 0. The molecule has 4 rings (SSSR count). The zero-order valence-corrected chi connectivity index (χ0v) is 16.3. The van der Waals surface area contributed by atoms with Gasteiger partial charge in [-0.15, -0.1) is 0 Å². The van der Waals surface area contributed by atoms with Crippen molar-refractivity contribution in [3.05, 3.63) is 77.1 Å². The molecule has 150 valence electrons. The van der Waals surface area contributed by atoms with Crippen LogP contribution in [0.15, 0.2) is 65.7 Å². The van der Waals surface area contributed by atoms with E-state index in [1.54, 1.807) is 6.92 Å². The molecular weight excluding hydrogens is 371 g/mol. The predicted molar refractivity (Wildman–Crippen MR) is 108 cm³/mol. The Balaban J connectivity index is 1.48. The Morgan fingerprint density at radius 1 is 1.10 bits per heavy atom. The van der Waals surface area contributed by atoms with Crippen LogP contribution in [-0.2, 0) is 20.9 Å². The smallest absolute Gasteiger partial charge is 0.335 e. The van der Waals surface area contributed by atoms with E-state index in [2.05, 4.69) is 22.3 Å². The maximum Gasteiger partial charge on any atom is 0.335 e. The molecule has 1 fully saturated rings. The van der Waals surface area contributed by atoms with Gasteiger partial charge in [0.05, 0.1) is 5.57 Å². The number of ether oxygens (including phenoxy) is 1. The van der Waals surface area contributed by atoms with Gasteiger partial charge in [0, 0.05) is 43.7 Å². The fourth-order valence-corrected chi connectivity index (χ4v) is 4.12. The number of nitrogens with zero attached hydrogens (tertiary/aromatic N) is 1. The van der Waals surface area contributed by atoms with Crippen LogP contribution in [0.1, 0.15) is 25.3 Å². The van der Waals surface area contributed by atoms with Crippen LogP contribution in [0.25, 0.3) is 0 Å². The first-order chi connectivity index (χ1) is 14.0. The fourth-order valence-electron chi connectivity index (χ4n) is 4.12. The van der Waals surface area contributed by atoms with E-state index in [1.165, 1.54) is 29.8 Å². The van der Waals surface area contributed by atoms with Crippen LogP contribution >= 0.6 is 0 Å². The Bertz CT molecular complexity index is 946. The maximum atomic E-state index is 13.1. The number of rotatable bonds is 4. The van der Waals surface area contributed by atoms with Crippen LogP contribution in [0.2, 0.25) is 0 Å². The molecule has 2 heterocycles. The number of carbonyl (C=O) groups excluding carboxylic acids is 2. The van der Waals surface area contributed by atoms with Crippen LogP contribution < -0.4 is 5.32 Å². The van der Waals surface area contributed by atoms with Gasteiger partial charge >= 0.3 is 5.97 Å². The van der Waals surface area contributed by atoms with E-state index in [-0.39, 0.29) is 11.7 Å². The highest BCUT2D eigenvalue weighted by atomic mass is 19.1. The highest BCUT2D eigenvalue weighted by Crippen LogP contribution is 2.41. The zero-order chi connectivity index (χ0) is 20.4. The molecule has 0 unspecified atom stereocenters. The number of anilines is 1. The summed E-state index contributed by atoms with van der Waals surface area (Å²) < 4.78 is 18.9. The molecule has 2 aliphatic rings. The monoisotopic (exact) mass is 394 g/mol. The van der Waals surface area contributed by atoms with Crippen molar-refractivity contribution in [2.45, 2.75) is 31.9 Å². The third kappa shape index (κ3) is 3.93. The number of hydrogen-bond acceptors (Lipinski definition) is 4. The Morgan fingerprint density at radius 2 is 1.76 bits per heavy atom. The minimum absolute atomic E-state index is 0.348. The molecule has 0 bridgehead atoms. The second-order valence-corrected chi connectivity index (χ2v) is 7.61. The molecule has 6 heteroatoms. The number of carbonyl (C=O) groups is 2. The van der Waals surface area contributed by atoms with Gasteiger partial charge < -0.3 is 10.1 Å². The molecule has 0 atom stereocenters. The average molecular weight is 394 g/mol. The minimum Gasteiger partial charge on any atom is -0.450 e. The van der Waals surface area contributed by atoms with Gasteiger partial charge in [0.25, 0.3) is 5.91 Å². The SMILES string of the molecule is CC1=C(C(=O)Nc2ccc(F)cc2)C2(CCN(Cc3ccccc3)CC2)OC1=O. The first-order valence-corrected chi connectivity index (χ1v) is 9.75. The number of amides is 1.